The number of anilines is 1. The molecule has 20 heavy (non-hydrogen) atoms. The van der Waals surface area contributed by atoms with Crippen LogP contribution >= 0.6 is 0 Å². The van der Waals surface area contributed by atoms with Gasteiger partial charge in [0, 0.05) is 11.6 Å². The fraction of sp³-hybridized carbons (Fsp3) is 0.500. The maximum absolute atomic E-state index is 5.34. The molecule has 0 amide bonds. The van der Waals surface area contributed by atoms with Gasteiger partial charge in [-0.25, -0.2) is 0 Å². The molecule has 0 saturated heterocycles. The van der Waals surface area contributed by atoms with Crippen LogP contribution in [-0.4, -0.2) is 10.1 Å². The van der Waals surface area contributed by atoms with Crippen LogP contribution in [0.25, 0.3) is 0 Å². The van der Waals surface area contributed by atoms with Gasteiger partial charge in [-0.2, -0.15) is 4.98 Å². The molecule has 0 radical (unpaired) electrons. The summed E-state index contributed by atoms with van der Waals surface area (Å²) in [5.41, 5.74) is 1.07. The average Bonchev–Trinajstić information content (AvgIpc) is 2.96. The molecule has 1 heterocycles. The minimum Gasteiger partial charge on any atom is -0.376 e. The molecule has 4 heteroatoms. The van der Waals surface area contributed by atoms with E-state index in [1.807, 2.05) is 30.3 Å². The molecule has 106 valence electrons. The predicted octanol–water partition coefficient (Wildman–Crippen LogP) is 3.98. The molecule has 0 aliphatic heterocycles. The molecule has 2 aromatic rings. The first kappa shape index (κ1) is 13.2. The summed E-state index contributed by atoms with van der Waals surface area (Å²) >= 11 is 0. The van der Waals surface area contributed by atoms with Gasteiger partial charge in [0.05, 0.1) is 6.54 Å². The number of hydrogen-bond acceptors (Lipinski definition) is 4. The van der Waals surface area contributed by atoms with Crippen molar-refractivity contribution in [2.45, 2.75) is 45.1 Å². The number of nitrogens with zero attached hydrogens (tertiary/aromatic N) is 2. The van der Waals surface area contributed by atoms with E-state index in [1.54, 1.807) is 0 Å². The zero-order chi connectivity index (χ0) is 13.8. The topological polar surface area (TPSA) is 51.0 Å². The average molecular weight is 271 g/mol. The van der Waals surface area contributed by atoms with E-state index in [-0.39, 0.29) is 0 Å². The van der Waals surface area contributed by atoms with Gasteiger partial charge in [0.15, 0.2) is 5.82 Å². The fourth-order valence-electron chi connectivity index (χ4n) is 2.76. The molecule has 1 fully saturated rings. The van der Waals surface area contributed by atoms with Crippen molar-refractivity contribution in [1.82, 2.24) is 10.1 Å². The fourth-order valence-corrected chi connectivity index (χ4v) is 2.76. The van der Waals surface area contributed by atoms with E-state index in [2.05, 4.69) is 22.4 Å². The van der Waals surface area contributed by atoms with Crippen molar-refractivity contribution in [2.24, 2.45) is 5.92 Å². The van der Waals surface area contributed by atoms with Crippen LogP contribution in [0.1, 0.15) is 50.2 Å². The first-order valence-corrected chi connectivity index (χ1v) is 7.42. The van der Waals surface area contributed by atoms with Crippen molar-refractivity contribution >= 4 is 5.69 Å². The Morgan fingerprint density at radius 3 is 2.65 bits per heavy atom. The zero-order valence-corrected chi connectivity index (χ0v) is 11.9. The highest BCUT2D eigenvalue weighted by Crippen LogP contribution is 2.34. The third-order valence-corrected chi connectivity index (χ3v) is 4.08. The Morgan fingerprint density at radius 2 is 1.90 bits per heavy atom. The van der Waals surface area contributed by atoms with E-state index in [9.17, 15) is 0 Å². The summed E-state index contributed by atoms with van der Waals surface area (Å²) in [4.78, 5) is 4.53. The van der Waals surface area contributed by atoms with Crippen molar-refractivity contribution in [3.8, 4) is 0 Å². The number of nitrogens with one attached hydrogen (secondary N) is 1. The second kappa shape index (κ2) is 6.07. The molecular formula is C16H21N3O. The second-order valence-electron chi connectivity index (χ2n) is 5.72. The van der Waals surface area contributed by atoms with Crippen LogP contribution in [-0.2, 0) is 6.54 Å². The minimum absolute atomic E-state index is 0.487. The van der Waals surface area contributed by atoms with E-state index in [1.165, 1.54) is 25.7 Å². The Kier molecular flexibility index (Phi) is 4.00. The highest BCUT2D eigenvalue weighted by Gasteiger charge is 2.23. The lowest BCUT2D eigenvalue weighted by molar-refractivity contribution is 0.324. The molecule has 1 N–H and O–H groups in total. The van der Waals surface area contributed by atoms with Crippen molar-refractivity contribution in [3.05, 3.63) is 42.0 Å². The summed E-state index contributed by atoms with van der Waals surface area (Å²) in [6.07, 6.45) is 4.92. The normalized spacial score (nSPS) is 22.6. The summed E-state index contributed by atoms with van der Waals surface area (Å²) in [6, 6.07) is 10.1. The van der Waals surface area contributed by atoms with Gasteiger partial charge >= 0.3 is 0 Å². The highest BCUT2D eigenvalue weighted by atomic mass is 16.5. The van der Waals surface area contributed by atoms with Gasteiger partial charge in [0.1, 0.15) is 0 Å². The third-order valence-electron chi connectivity index (χ3n) is 4.08. The van der Waals surface area contributed by atoms with Gasteiger partial charge in [-0.3, -0.25) is 0 Å². The van der Waals surface area contributed by atoms with Crippen molar-refractivity contribution < 1.29 is 4.52 Å². The van der Waals surface area contributed by atoms with Gasteiger partial charge < -0.3 is 9.84 Å². The Labute approximate surface area is 119 Å². The Bertz CT molecular complexity index is 530. The molecule has 1 aromatic heterocycles. The van der Waals surface area contributed by atoms with Crippen LogP contribution in [0.5, 0.6) is 0 Å². The maximum atomic E-state index is 5.34. The van der Waals surface area contributed by atoms with Gasteiger partial charge in [0.2, 0.25) is 5.89 Å². The molecule has 4 nitrogen and oxygen atoms in total. The SMILES string of the molecule is CC1CCC(c2noc(CNc3ccccc3)n2)CC1. The molecule has 0 bridgehead atoms. The Morgan fingerprint density at radius 1 is 1.15 bits per heavy atom. The van der Waals surface area contributed by atoms with Crippen LogP contribution in [0.2, 0.25) is 0 Å². The first-order valence-electron chi connectivity index (χ1n) is 7.42. The number of rotatable bonds is 4. The molecular weight excluding hydrogens is 250 g/mol. The molecule has 1 aromatic carbocycles. The van der Waals surface area contributed by atoms with E-state index in [0.29, 0.717) is 18.4 Å². The highest BCUT2D eigenvalue weighted by molar-refractivity contribution is 5.42. The van der Waals surface area contributed by atoms with E-state index < -0.39 is 0 Å². The van der Waals surface area contributed by atoms with Crippen molar-refractivity contribution in [3.63, 3.8) is 0 Å². The van der Waals surface area contributed by atoms with E-state index >= 15 is 0 Å². The quantitative estimate of drug-likeness (QED) is 0.914. The number of hydrogen-bond donors (Lipinski definition) is 1. The lowest BCUT2D eigenvalue weighted by Gasteiger charge is -2.23. The zero-order valence-electron chi connectivity index (χ0n) is 11.9. The van der Waals surface area contributed by atoms with Crippen LogP contribution in [0.3, 0.4) is 0 Å². The van der Waals surface area contributed by atoms with Crippen LogP contribution in [0, 0.1) is 5.92 Å². The number of aromatic nitrogens is 2. The first-order chi connectivity index (χ1) is 9.81. The molecule has 0 unspecified atom stereocenters. The van der Waals surface area contributed by atoms with Crippen molar-refractivity contribution in [2.75, 3.05) is 5.32 Å². The van der Waals surface area contributed by atoms with Gasteiger partial charge in [-0.05, 0) is 30.9 Å². The molecule has 1 aliphatic carbocycles. The minimum atomic E-state index is 0.487. The molecule has 1 saturated carbocycles. The maximum Gasteiger partial charge on any atom is 0.245 e. The summed E-state index contributed by atoms with van der Waals surface area (Å²) in [5, 5.41) is 7.44. The molecule has 0 spiro atoms. The lowest BCUT2D eigenvalue weighted by atomic mass is 9.83. The monoisotopic (exact) mass is 271 g/mol. The van der Waals surface area contributed by atoms with Crippen LogP contribution in [0.15, 0.2) is 34.9 Å². The molecule has 0 atom stereocenters. The third kappa shape index (κ3) is 3.18. The van der Waals surface area contributed by atoms with Crippen molar-refractivity contribution in [1.29, 1.82) is 0 Å². The summed E-state index contributed by atoms with van der Waals surface area (Å²) in [5.74, 6) is 2.89. The smallest absolute Gasteiger partial charge is 0.245 e. The largest absolute Gasteiger partial charge is 0.376 e. The lowest BCUT2D eigenvalue weighted by Crippen LogP contribution is -2.12. The Hall–Kier alpha value is -1.84. The van der Waals surface area contributed by atoms with Gasteiger partial charge in [-0.15, -0.1) is 0 Å². The summed E-state index contributed by atoms with van der Waals surface area (Å²) in [6.45, 7) is 2.90. The second-order valence-corrected chi connectivity index (χ2v) is 5.72. The number of benzene rings is 1. The van der Waals surface area contributed by atoms with Gasteiger partial charge in [-0.1, -0.05) is 43.1 Å². The van der Waals surface area contributed by atoms with E-state index in [4.69, 9.17) is 4.52 Å². The molecule has 1 aliphatic rings. The van der Waals surface area contributed by atoms with Crippen LogP contribution < -0.4 is 5.32 Å². The van der Waals surface area contributed by atoms with Crippen LogP contribution in [0.4, 0.5) is 5.69 Å². The summed E-state index contributed by atoms with van der Waals surface area (Å²) < 4.78 is 5.34. The van der Waals surface area contributed by atoms with Gasteiger partial charge in [0.25, 0.3) is 0 Å². The predicted molar refractivity (Wildman–Crippen MR) is 78.4 cm³/mol. The molecule has 3 rings (SSSR count). The summed E-state index contributed by atoms with van der Waals surface area (Å²) in [7, 11) is 0. The standard InChI is InChI=1S/C16H21N3O/c1-12-7-9-13(10-8-12)16-18-15(20-19-16)11-17-14-5-3-2-4-6-14/h2-6,12-13,17H,7-11H2,1H3. The van der Waals surface area contributed by atoms with E-state index in [0.717, 1.165) is 17.4 Å². The number of para-hydroxylation sites is 1. The Balaban J connectivity index is 1.57.